The number of nitrogens with one attached hydrogen (secondary N) is 3. The molecule has 0 aliphatic carbocycles. The van der Waals surface area contributed by atoms with Crippen molar-refractivity contribution in [2.24, 2.45) is 0 Å². The number of rotatable bonds is 5. The van der Waals surface area contributed by atoms with Gasteiger partial charge < -0.3 is 15.6 Å². The molecule has 0 saturated heterocycles. The lowest BCUT2D eigenvalue weighted by molar-refractivity contribution is -0.115. The number of carbonyl (C=O) groups excluding carboxylic acids is 1. The predicted molar refractivity (Wildman–Crippen MR) is 114 cm³/mol. The number of H-pyrrole nitrogens is 1. The van der Waals surface area contributed by atoms with Crippen LogP contribution in [0.4, 0.5) is 17.2 Å². The lowest BCUT2D eigenvalue weighted by Gasteiger charge is -2.09. The van der Waals surface area contributed by atoms with E-state index in [2.05, 4.69) is 52.6 Å². The second kappa shape index (κ2) is 7.56. The first-order valence-corrected chi connectivity index (χ1v) is 9.23. The minimum absolute atomic E-state index is 0.0680. The minimum Gasteiger partial charge on any atom is -0.361 e. The molecule has 2 aromatic heterocycles. The predicted octanol–water partition coefficient (Wildman–Crippen LogP) is 5.10. The number of aryl methyl sites for hydroxylation is 2. The van der Waals surface area contributed by atoms with Crippen molar-refractivity contribution in [2.45, 2.75) is 20.3 Å². The third-order valence-electron chi connectivity index (χ3n) is 4.57. The molecule has 1 amide bonds. The van der Waals surface area contributed by atoms with Gasteiger partial charge in [0.15, 0.2) is 0 Å². The van der Waals surface area contributed by atoms with E-state index in [0.717, 1.165) is 28.0 Å². The Labute approximate surface area is 163 Å². The lowest BCUT2D eigenvalue weighted by Crippen LogP contribution is -2.14. The molecule has 140 valence electrons. The van der Waals surface area contributed by atoms with Gasteiger partial charge in [0.05, 0.1) is 18.3 Å². The van der Waals surface area contributed by atoms with Crippen LogP contribution in [0.25, 0.3) is 10.9 Å². The fourth-order valence-electron chi connectivity index (χ4n) is 3.39. The molecule has 0 fully saturated rings. The maximum absolute atomic E-state index is 12.4. The number of pyridine rings is 1. The average molecular weight is 370 g/mol. The van der Waals surface area contributed by atoms with Crippen LogP contribution in [-0.2, 0) is 11.2 Å². The molecule has 2 heterocycles. The van der Waals surface area contributed by atoms with Crippen molar-refractivity contribution >= 4 is 34.0 Å². The third kappa shape index (κ3) is 4.04. The zero-order valence-electron chi connectivity index (χ0n) is 15.9. The fraction of sp³-hybridized carbons (Fsp3) is 0.130. The number of fused-ring (bicyclic) bond motifs is 1. The van der Waals surface area contributed by atoms with E-state index in [0.29, 0.717) is 12.1 Å². The van der Waals surface area contributed by atoms with Gasteiger partial charge in [-0.05, 0) is 60.9 Å². The van der Waals surface area contributed by atoms with Crippen LogP contribution in [0, 0.1) is 13.8 Å². The van der Waals surface area contributed by atoms with E-state index in [4.69, 9.17) is 0 Å². The standard InChI is InChI=1S/C23H22N4O/c1-15-9-16(2)11-19(10-15)26-22-8-7-18(14-25-22)27-23(28)12-17-13-24-21-6-4-3-5-20(17)21/h3-11,13-14,24H,12H2,1-2H3,(H,25,26)(H,27,28). The highest BCUT2D eigenvalue weighted by atomic mass is 16.1. The van der Waals surface area contributed by atoms with Crippen molar-refractivity contribution in [3.63, 3.8) is 0 Å². The largest absolute Gasteiger partial charge is 0.361 e. The topological polar surface area (TPSA) is 69.8 Å². The maximum atomic E-state index is 12.4. The summed E-state index contributed by atoms with van der Waals surface area (Å²) in [6, 6.07) is 18.0. The molecule has 4 rings (SSSR count). The van der Waals surface area contributed by atoms with Crippen LogP contribution in [0.15, 0.2) is 67.0 Å². The quantitative estimate of drug-likeness (QED) is 0.457. The van der Waals surface area contributed by atoms with E-state index in [1.807, 2.05) is 42.6 Å². The van der Waals surface area contributed by atoms with Crippen molar-refractivity contribution in [1.29, 1.82) is 0 Å². The first kappa shape index (κ1) is 17.8. The molecular formula is C23H22N4O. The SMILES string of the molecule is Cc1cc(C)cc(Nc2ccc(NC(=O)Cc3c[nH]c4ccccc34)cn2)c1. The highest BCUT2D eigenvalue weighted by molar-refractivity contribution is 5.95. The Bertz CT molecular complexity index is 1110. The normalized spacial score (nSPS) is 10.8. The molecule has 0 aliphatic rings. The van der Waals surface area contributed by atoms with Crippen LogP contribution < -0.4 is 10.6 Å². The zero-order chi connectivity index (χ0) is 19.5. The van der Waals surface area contributed by atoms with Crippen LogP contribution in [0.3, 0.4) is 0 Å². The summed E-state index contributed by atoms with van der Waals surface area (Å²) in [5, 5.41) is 7.28. The van der Waals surface area contributed by atoms with E-state index < -0.39 is 0 Å². The summed E-state index contributed by atoms with van der Waals surface area (Å²) >= 11 is 0. The number of anilines is 3. The van der Waals surface area contributed by atoms with Crippen molar-refractivity contribution < 1.29 is 4.79 Å². The molecule has 3 N–H and O–H groups in total. The Morgan fingerprint density at radius 3 is 2.54 bits per heavy atom. The number of hydrogen-bond acceptors (Lipinski definition) is 3. The number of hydrogen-bond donors (Lipinski definition) is 3. The van der Waals surface area contributed by atoms with Crippen molar-refractivity contribution in [3.8, 4) is 0 Å². The van der Waals surface area contributed by atoms with Crippen molar-refractivity contribution in [3.05, 3.63) is 83.7 Å². The molecule has 4 aromatic rings. The van der Waals surface area contributed by atoms with Gasteiger partial charge in [-0.2, -0.15) is 0 Å². The number of nitrogens with zero attached hydrogens (tertiary/aromatic N) is 1. The fourth-order valence-corrected chi connectivity index (χ4v) is 3.39. The van der Waals surface area contributed by atoms with Gasteiger partial charge in [0.2, 0.25) is 5.91 Å². The van der Waals surface area contributed by atoms with E-state index >= 15 is 0 Å². The van der Waals surface area contributed by atoms with Crippen LogP contribution in [0.1, 0.15) is 16.7 Å². The Morgan fingerprint density at radius 1 is 1.00 bits per heavy atom. The maximum Gasteiger partial charge on any atom is 0.228 e. The Kier molecular flexibility index (Phi) is 4.81. The van der Waals surface area contributed by atoms with Crippen LogP contribution in [-0.4, -0.2) is 15.9 Å². The number of benzene rings is 2. The number of carbonyl (C=O) groups is 1. The highest BCUT2D eigenvalue weighted by Crippen LogP contribution is 2.20. The third-order valence-corrected chi connectivity index (χ3v) is 4.57. The Morgan fingerprint density at radius 2 is 1.79 bits per heavy atom. The summed E-state index contributed by atoms with van der Waals surface area (Å²) < 4.78 is 0. The van der Waals surface area contributed by atoms with Gasteiger partial charge in [-0.25, -0.2) is 4.98 Å². The summed E-state index contributed by atoms with van der Waals surface area (Å²) in [7, 11) is 0. The summed E-state index contributed by atoms with van der Waals surface area (Å²) in [5.41, 5.74) is 6.09. The zero-order valence-corrected chi connectivity index (χ0v) is 15.9. The van der Waals surface area contributed by atoms with Crippen LogP contribution in [0.5, 0.6) is 0 Å². The summed E-state index contributed by atoms with van der Waals surface area (Å²) in [6.07, 6.45) is 3.87. The first-order chi connectivity index (χ1) is 13.6. The monoisotopic (exact) mass is 370 g/mol. The van der Waals surface area contributed by atoms with E-state index in [9.17, 15) is 4.79 Å². The van der Waals surface area contributed by atoms with Crippen LogP contribution in [0.2, 0.25) is 0 Å². The second-order valence-corrected chi connectivity index (χ2v) is 7.02. The molecular weight excluding hydrogens is 348 g/mol. The summed E-state index contributed by atoms with van der Waals surface area (Å²) in [4.78, 5) is 20.0. The Hall–Kier alpha value is -3.60. The van der Waals surface area contributed by atoms with E-state index in [1.165, 1.54) is 11.1 Å². The number of para-hydroxylation sites is 1. The van der Waals surface area contributed by atoms with Gasteiger partial charge in [-0.1, -0.05) is 24.3 Å². The van der Waals surface area contributed by atoms with Gasteiger partial charge in [-0.3, -0.25) is 4.79 Å². The Balaban J connectivity index is 1.40. The van der Waals surface area contributed by atoms with Gasteiger partial charge >= 0.3 is 0 Å². The number of amides is 1. The van der Waals surface area contributed by atoms with E-state index in [-0.39, 0.29) is 5.91 Å². The smallest absolute Gasteiger partial charge is 0.228 e. The molecule has 0 atom stereocenters. The summed E-state index contributed by atoms with van der Waals surface area (Å²) in [6.45, 7) is 4.13. The van der Waals surface area contributed by atoms with Crippen molar-refractivity contribution in [2.75, 3.05) is 10.6 Å². The molecule has 0 unspecified atom stereocenters. The first-order valence-electron chi connectivity index (χ1n) is 9.23. The second-order valence-electron chi connectivity index (χ2n) is 7.02. The lowest BCUT2D eigenvalue weighted by atomic mass is 10.1. The van der Waals surface area contributed by atoms with Gasteiger partial charge in [0, 0.05) is 22.8 Å². The number of aromatic amines is 1. The number of aromatic nitrogens is 2. The van der Waals surface area contributed by atoms with Gasteiger partial charge in [0.25, 0.3) is 0 Å². The molecule has 5 nitrogen and oxygen atoms in total. The molecule has 0 aliphatic heterocycles. The molecule has 5 heteroatoms. The van der Waals surface area contributed by atoms with Gasteiger partial charge in [-0.15, -0.1) is 0 Å². The van der Waals surface area contributed by atoms with Gasteiger partial charge in [0.1, 0.15) is 5.82 Å². The van der Waals surface area contributed by atoms with E-state index in [1.54, 1.807) is 6.20 Å². The van der Waals surface area contributed by atoms with Crippen molar-refractivity contribution in [1.82, 2.24) is 9.97 Å². The highest BCUT2D eigenvalue weighted by Gasteiger charge is 2.09. The minimum atomic E-state index is -0.0680. The van der Waals surface area contributed by atoms with Crippen LogP contribution >= 0.6 is 0 Å². The molecule has 0 bridgehead atoms. The molecule has 28 heavy (non-hydrogen) atoms. The molecule has 0 saturated carbocycles. The molecule has 2 aromatic carbocycles. The molecule has 0 spiro atoms. The summed E-state index contributed by atoms with van der Waals surface area (Å²) in [5.74, 6) is 0.668. The average Bonchev–Trinajstić information content (AvgIpc) is 3.05. The molecule has 0 radical (unpaired) electrons.